The van der Waals surface area contributed by atoms with Gasteiger partial charge in [-0.25, -0.2) is 4.79 Å². The number of nitrogens with one attached hydrogen (secondary N) is 1. The molecule has 0 radical (unpaired) electrons. The summed E-state index contributed by atoms with van der Waals surface area (Å²) in [4.78, 5) is 24.2. The molecule has 22 heavy (non-hydrogen) atoms. The second-order valence-corrected chi connectivity index (χ2v) is 6.63. The maximum absolute atomic E-state index is 11.6. The van der Waals surface area contributed by atoms with E-state index in [0.717, 1.165) is 10.6 Å². The molecule has 116 valence electrons. The van der Waals surface area contributed by atoms with Crippen LogP contribution in [0.1, 0.15) is 10.4 Å². The number of thioether (sulfide) groups is 1. The summed E-state index contributed by atoms with van der Waals surface area (Å²) >= 11 is 8.82. The maximum Gasteiger partial charge on any atom is 0.339 e. The highest BCUT2D eigenvalue weighted by Gasteiger charge is 2.09. The quantitative estimate of drug-likeness (QED) is 0.469. The summed E-state index contributed by atoms with van der Waals surface area (Å²) in [6.07, 6.45) is 0. The van der Waals surface area contributed by atoms with E-state index in [9.17, 15) is 9.59 Å². The van der Waals surface area contributed by atoms with Gasteiger partial charge in [-0.1, -0.05) is 11.6 Å². The zero-order chi connectivity index (χ0) is 15.8. The molecule has 0 spiro atoms. The third-order valence-electron chi connectivity index (χ3n) is 2.60. The molecule has 0 saturated carbocycles. The van der Waals surface area contributed by atoms with Crippen molar-refractivity contribution in [2.24, 2.45) is 0 Å². The van der Waals surface area contributed by atoms with Crippen LogP contribution in [0.5, 0.6) is 0 Å². The number of amides is 1. The maximum atomic E-state index is 11.6. The summed E-state index contributed by atoms with van der Waals surface area (Å²) < 4.78 is 4.91. The molecular weight excluding hydrogens is 342 g/mol. The Labute approximate surface area is 141 Å². The lowest BCUT2D eigenvalue weighted by Gasteiger charge is -2.06. The van der Waals surface area contributed by atoms with Crippen molar-refractivity contribution in [3.8, 4) is 0 Å². The van der Waals surface area contributed by atoms with Crippen molar-refractivity contribution < 1.29 is 14.3 Å². The fraction of sp³-hybridized carbons (Fsp3) is 0.200. The van der Waals surface area contributed by atoms with Gasteiger partial charge in [0.05, 0.1) is 5.56 Å². The summed E-state index contributed by atoms with van der Waals surface area (Å²) in [5.74, 6) is -0.0570. The van der Waals surface area contributed by atoms with E-state index in [4.69, 9.17) is 16.3 Å². The Morgan fingerprint density at radius 3 is 2.68 bits per heavy atom. The number of hydrogen-bond donors (Lipinski definition) is 1. The van der Waals surface area contributed by atoms with Crippen molar-refractivity contribution in [1.82, 2.24) is 5.32 Å². The third-order valence-corrected chi connectivity index (χ3v) is 4.55. The molecule has 2 aromatic rings. The van der Waals surface area contributed by atoms with Crippen LogP contribution in [0.4, 0.5) is 0 Å². The number of carbonyl (C=O) groups is 2. The third kappa shape index (κ3) is 5.71. The van der Waals surface area contributed by atoms with E-state index in [0.29, 0.717) is 17.1 Å². The molecule has 1 aromatic heterocycles. The number of rotatable bonds is 7. The number of halogens is 1. The lowest BCUT2D eigenvalue weighted by Crippen LogP contribution is -2.30. The van der Waals surface area contributed by atoms with Gasteiger partial charge in [-0.15, -0.1) is 11.8 Å². The van der Waals surface area contributed by atoms with E-state index in [2.05, 4.69) is 5.32 Å². The number of hydrogen-bond acceptors (Lipinski definition) is 5. The van der Waals surface area contributed by atoms with E-state index < -0.39 is 5.97 Å². The normalized spacial score (nSPS) is 10.2. The molecule has 1 amide bonds. The van der Waals surface area contributed by atoms with Gasteiger partial charge in [0.2, 0.25) is 0 Å². The molecule has 4 nitrogen and oxygen atoms in total. The van der Waals surface area contributed by atoms with Crippen molar-refractivity contribution in [2.75, 3.05) is 18.9 Å². The molecule has 0 aliphatic rings. The van der Waals surface area contributed by atoms with Gasteiger partial charge in [0.25, 0.3) is 5.91 Å². The standard InChI is InChI=1S/C15H14ClNO3S2/c16-12-1-3-13(4-2-12)22-8-6-17-14(18)9-20-15(19)11-5-7-21-10-11/h1-5,7,10H,6,8-9H2,(H,17,18). The number of thiophene rings is 1. The van der Waals surface area contributed by atoms with Crippen LogP contribution in [0.2, 0.25) is 5.02 Å². The van der Waals surface area contributed by atoms with Crippen LogP contribution in [0.3, 0.4) is 0 Å². The van der Waals surface area contributed by atoms with Gasteiger partial charge < -0.3 is 10.1 Å². The fourth-order valence-corrected chi connectivity index (χ4v) is 3.06. The van der Waals surface area contributed by atoms with E-state index in [-0.39, 0.29) is 12.5 Å². The van der Waals surface area contributed by atoms with E-state index in [1.807, 2.05) is 24.3 Å². The van der Waals surface area contributed by atoms with Gasteiger partial charge in [0.1, 0.15) is 0 Å². The second-order valence-electron chi connectivity index (χ2n) is 4.24. The first-order chi connectivity index (χ1) is 10.6. The molecule has 0 unspecified atom stereocenters. The van der Waals surface area contributed by atoms with Gasteiger partial charge in [-0.2, -0.15) is 11.3 Å². The van der Waals surface area contributed by atoms with Crippen LogP contribution in [-0.2, 0) is 9.53 Å². The highest BCUT2D eigenvalue weighted by atomic mass is 35.5. The van der Waals surface area contributed by atoms with Gasteiger partial charge in [-0.3, -0.25) is 4.79 Å². The average Bonchev–Trinajstić information content (AvgIpc) is 3.05. The molecule has 0 fully saturated rings. The molecule has 1 heterocycles. The first-order valence-electron chi connectivity index (χ1n) is 6.49. The number of ether oxygens (including phenoxy) is 1. The van der Waals surface area contributed by atoms with Crippen LogP contribution in [0, 0.1) is 0 Å². The zero-order valence-electron chi connectivity index (χ0n) is 11.6. The molecular formula is C15H14ClNO3S2. The Kier molecular flexibility index (Phi) is 6.76. The van der Waals surface area contributed by atoms with Crippen LogP contribution < -0.4 is 5.32 Å². The molecule has 7 heteroatoms. The first-order valence-corrected chi connectivity index (χ1v) is 8.80. The highest BCUT2D eigenvalue weighted by Crippen LogP contribution is 2.19. The molecule has 1 N–H and O–H groups in total. The van der Waals surface area contributed by atoms with Crippen LogP contribution >= 0.6 is 34.7 Å². The largest absolute Gasteiger partial charge is 0.452 e. The Hall–Kier alpha value is -1.50. The Balaban J connectivity index is 1.59. The summed E-state index contributed by atoms with van der Waals surface area (Å²) in [5.41, 5.74) is 0.469. The van der Waals surface area contributed by atoms with Crippen molar-refractivity contribution in [3.05, 3.63) is 51.7 Å². The fourth-order valence-electron chi connectivity index (χ4n) is 1.54. The predicted octanol–water partition coefficient (Wildman–Crippen LogP) is 3.47. The Morgan fingerprint density at radius 2 is 2.00 bits per heavy atom. The predicted molar refractivity (Wildman–Crippen MR) is 89.8 cm³/mol. The Morgan fingerprint density at radius 1 is 1.23 bits per heavy atom. The van der Waals surface area contributed by atoms with Gasteiger partial charge >= 0.3 is 5.97 Å². The molecule has 0 atom stereocenters. The highest BCUT2D eigenvalue weighted by molar-refractivity contribution is 7.99. The zero-order valence-corrected chi connectivity index (χ0v) is 14.0. The minimum Gasteiger partial charge on any atom is -0.452 e. The van der Waals surface area contributed by atoms with E-state index in [1.165, 1.54) is 11.3 Å². The number of esters is 1. The van der Waals surface area contributed by atoms with Crippen LogP contribution in [-0.4, -0.2) is 30.8 Å². The number of benzene rings is 1. The summed E-state index contributed by atoms with van der Waals surface area (Å²) in [6, 6.07) is 9.17. The summed E-state index contributed by atoms with van der Waals surface area (Å²) in [6.45, 7) is 0.239. The average molecular weight is 356 g/mol. The molecule has 0 aliphatic heterocycles. The lowest BCUT2D eigenvalue weighted by molar-refractivity contribution is -0.124. The lowest BCUT2D eigenvalue weighted by atomic mass is 10.3. The molecule has 0 bridgehead atoms. The molecule has 1 aromatic carbocycles. The van der Waals surface area contributed by atoms with Gasteiger partial charge in [0.15, 0.2) is 6.61 Å². The van der Waals surface area contributed by atoms with Crippen molar-refractivity contribution in [1.29, 1.82) is 0 Å². The smallest absolute Gasteiger partial charge is 0.339 e. The van der Waals surface area contributed by atoms with Crippen molar-refractivity contribution >= 4 is 46.6 Å². The summed E-state index contributed by atoms with van der Waals surface area (Å²) in [5, 5.41) is 6.87. The van der Waals surface area contributed by atoms with Crippen LogP contribution in [0.15, 0.2) is 46.0 Å². The van der Waals surface area contributed by atoms with E-state index in [1.54, 1.807) is 28.6 Å². The topological polar surface area (TPSA) is 55.4 Å². The van der Waals surface area contributed by atoms with Crippen LogP contribution in [0.25, 0.3) is 0 Å². The SMILES string of the molecule is O=C(COC(=O)c1ccsc1)NCCSc1ccc(Cl)cc1. The number of carbonyl (C=O) groups excluding carboxylic acids is 2. The van der Waals surface area contributed by atoms with Crippen molar-refractivity contribution in [3.63, 3.8) is 0 Å². The van der Waals surface area contributed by atoms with E-state index >= 15 is 0 Å². The minimum absolute atomic E-state index is 0.264. The minimum atomic E-state index is -0.480. The monoisotopic (exact) mass is 355 g/mol. The molecule has 2 rings (SSSR count). The van der Waals surface area contributed by atoms with Gasteiger partial charge in [0, 0.05) is 27.6 Å². The second kappa shape index (κ2) is 8.82. The first kappa shape index (κ1) is 16.9. The van der Waals surface area contributed by atoms with Crippen molar-refractivity contribution in [2.45, 2.75) is 4.90 Å². The van der Waals surface area contributed by atoms with Gasteiger partial charge in [-0.05, 0) is 35.7 Å². The molecule has 0 saturated heterocycles. The summed E-state index contributed by atoms with van der Waals surface area (Å²) in [7, 11) is 0. The Bertz CT molecular complexity index is 614. The molecule has 0 aliphatic carbocycles.